The van der Waals surface area contributed by atoms with E-state index in [4.69, 9.17) is 27.9 Å². The number of fused-ring (bicyclic) bond motifs is 1. The summed E-state index contributed by atoms with van der Waals surface area (Å²) in [6.45, 7) is 2.34. The number of nitrogens with one attached hydrogen (secondary N) is 1. The molecule has 0 unspecified atom stereocenters. The van der Waals surface area contributed by atoms with Crippen LogP contribution >= 0.6 is 23.2 Å². The minimum absolute atomic E-state index is 0.0157. The molecule has 5 heteroatoms. The molecular weight excluding hydrogens is 333 g/mol. The van der Waals surface area contributed by atoms with E-state index in [0.29, 0.717) is 23.1 Å². The molecule has 1 heterocycles. The van der Waals surface area contributed by atoms with Gasteiger partial charge in [0.2, 0.25) is 5.91 Å². The molecule has 3 nitrogen and oxygen atoms in total. The van der Waals surface area contributed by atoms with Gasteiger partial charge in [-0.05, 0) is 54.8 Å². The number of carbonyl (C=O) groups is 1. The molecule has 0 aromatic heterocycles. The van der Waals surface area contributed by atoms with E-state index in [2.05, 4.69) is 5.32 Å². The monoisotopic (exact) mass is 349 g/mol. The normalized spacial score (nSPS) is 17.8. The van der Waals surface area contributed by atoms with Gasteiger partial charge < -0.3 is 10.1 Å². The zero-order chi connectivity index (χ0) is 16.4. The Kier molecular flexibility index (Phi) is 4.79. The molecule has 1 amide bonds. The van der Waals surface area contributed by atoms with Crippen LogP contribution in [0, 0.1) is 5.92 Å². The second-order valence-electron chi connectivity index (χ2n) is 5.75. The number of amides is 1. The molecule has 2 atom stereocenters. The summed E-state index contributed by atoms with van der Waals surface area (Å²) < 4.78 is 5.68. The fraction of sp³-hybridized carbons (Fsp3) is 0.278. The quantitative estimate of drug-likeness (QED) is 0.890. The Hall–Kier alpha value is -1.71. The van der Waals surface area contributed by atoms with E-state index in [9.17, 15) is 4.79 Å². The van der Waals surface area contributed by atoms with Gasteiger partial charge in [0.15, 0.2) is 0 Å². The van der Waals surface area contributed by atoms with Crippen molar-refractivity contribution in [2.75, 3.05) is 6.61 Å². The predicted molar refractivity (Wildman–Crippen MR) is 92.2 cm³/mol. The summed E-state index contributed by atoms with van der Waals surface area (Å²) in [7, 11) is 0. The number of ether oxygens (including phenoxy) is 1. The van der Waals surface area contributed by atoms with E-state index in [-0.39, 0.29) is 17.9 Å². The largest absolute Gasteiger partial charge is 0.492 e. The molecule has 0 saturated heterocycles. The Balaban J connectivity index is 1.66. The van der Waals surface area contributed by atoms with Gasteiger partial charge >= 0.3 is 0 Å². The highest BCUT2D eigenvalue weighted by Gasteiger charge is 2.27. The van der Waals surface area contributed by atoms with E-state index in [0.717, 1.165) is 16.9 Å². The number of halogens is 2. The molecule has 0 saturated carbocycles. The third-order valence-corrected chi connectivity index (χ3v) is 4.52. The zero-order valence-electron chi connectivity index (χ0n) is 12.7. The van der Waals surface area contributed by atoms with E-state index >= 15 is 0 Å². The van der Waals surface area contributed by atoms with Gasteiger partial charge in [-0.15, -0.1) is 0 Å². The average molecular weight is 350 g/mol. The average Bonchev–Trinajstić information content (AvgIpc) is 2.54. The Bertz CT molecular complexity index is 715. The maximum absolute atomic E-state index is 12.5. The van der Waals surface area contributed by atoms with Crippen molar-refractivity contribution in [1.29, 1.82) is 0 Å². The lowest BCUT2D eigenvalue weighted by Crippen LogP contribution is -2.38. The third kappa shape index (κ3) is 3.80. The van der Waals surface area contributed by atoms with Gasteiger partial charge in [-0.25, -0.2) is 0 Å². The summed E-state index contributed by atoms with van der Waals surface area (Å²) in [4.78, 5) is 12.5. The Morgan fingerprint density at radius 3 is 2.61 bits per heavy atom. The minimum atomic E-state index is -0.212. The van der Waals surface area contributed by atoms with E-state index in [1.54, 1.807) is 6.07 Å². The number of benzene rings is 2. The Morgan fingerprint density at radius 1 is 1.17 bits per heavy atom. The van der Waals surface area contributed by atoms with Crippen LogP contribution in [0.4, 0.5) is 0 Å². The number of carbonyl (C=O) groups excluding carboxylic acids is 1. The molecule has 23 heavy (non-hydrogen) atoms. The van der Waals surface area contributed by atoms with Gasteiger partial charge in [0, 0.05) is 10.0 Å². The van der Waals surface area contributed by atoms with E-state index in [1.165, 1.54) is 0 Å². The van der Waals surface area contributed by atoms with Crippen LogP contribution < -0.4 is 10.1 Å². The maximum atomic E-state index is 12.5. The van der Waals surface area contributed by atoms with E-state index in [1.807, 2.05) is 43.3 Å². The highest BCUT2D eigenvalue weighted by molar-refractivity contribution is 6.30. The number of rotatable bonds is 3. The van der Waals surface area contributed by atoms with Crippen LogP contribution in [0.15, 0.2) is 42.5 Å². The predicted octanol–water partition coefficient (Wildman–Crippen LogP) is 4.42. The van der Waals surface area contributed by atoms with Crippen LogP contribution in [0.2, 0.25) is 10.0 Å². The van der Waals surface area contributed by atoms with Gasteiger partial charge in [0.05, 0.1) is 12.0 Å². The van der Waals surface area contributed by atoms with E-state index < -0.39 is 0 Å². The first-order valence-electron chi connectivity index (χ1n) is 7.50. The molecule has 0 bridgehead atoms. The molecule has 2 aromatic rings. The lowest BCUT2D eigenvalue weighted by molar-refractivity contribution is -0.126. The Labute approximate surface area is 145 Å². The summed E-state index contributed by atoms with van der Waals surface area (Å²) in [5.74, 6) is 0.581. The Morgan fingerprint density at radius 2 is 1.87 bits per heavy atom. The molecular formula is C18H17Cl2NO2. The smallest absolute Gasteiger partial charge is 0.227 e. The molecule has 120 valence electrons. The van der Waals surface area contributed by atoms with Crippen molar-refractivity contribution in [3.05, 3.63) is 63.6 Å². The van der Waals surface area contributed by atoms with Crippen molar-refractivity contribution in [1.82, 2.24) is 5.32 Å². The van der Waals surface area contributed by atoms with Crippen molar-refractivity contribution in [2.24, 2.45) is 5.92 Å². The SMILES string of the molecule is C[C@@H](NC(=O)[C@@H]1COc2ccc(Cl)cc2C1)c1ccc(Cl)cc1. The first-order valence-corrected chi connectivity index (χ1v) is 8.25. The topological polar surface area (TPSA) is 38.3 Å². The fourth-order valence-corrected chi connectivity index (χ4v) is 3.02. The zero-order valence-corrected chi connectivity index (χ0v) is 14.2. The summed E-state index contributed by atoms with van der Waals surface area (Å²) in [6.07, 6.45) is 0.634. The highest BCUT2D eigenvalue weighted by atomic mass is 35.5. The van der Waals surface area contributed by atoms with Crippen molar-refractivity contribution < 1.29 is 9.53 Å². The van der Waals surface area contributed by atoms with Crippen molar-refractivity contribution in [3.8, 4) is 5.75 Å². The van der Waals surface area contributed by atoms with Crippen LogP contribution in [-0.4, -0.2) is 12.5 Å². The first kappa shape index (κ1) is 16.2. The summed E-state index contributed by atoms with van der Waals surface area (Å²) in [6, 6.07) is 12.9. The fourth-order valence-electron chi connectivity index (χ4n) is 2.70. The summed E-state index contributed by atoms with van der Waals surface area (Å²) in [5, 5.41) is 4.37. The number of hydrogen-bond donors (Lipinski definition) is 1. The van der Waals surface area contributed by atoms with Gasteiger partial charge in [-0.2, -0.15) is 0 Å². The molecule has 3 rings (SSSR count). The third-order valence-electron chi connectivity index (χ3n) is 4.03. The molecule has 1 N–H and O–H groups in total. The van der Waals surface area contributed by atoms with Crippen LogP contribution in [-0.2, 0) is 11.2 Å². The molecule has 0 radical (unpaired) electrons. The van der Waals surface area contributed by atoms with Crippen molar-refractivity contribution >= 4 is 29.1 Å². The second-order valence-corrected chi connectivity index (χ2v) is 6.62. The molecule has 0 aliphatic carbocycles. The van der Waals surface area contributed by atoms with Crippen LogP contribution in [0.3, 0.4) is 0 Å². The molecule has 0 fully saturated rings. The first-order chi connectivity index (χ1) is 11.0. The highest BCUT2D eigenvalue weighted by Crippen LogP contribution is 2.30. The van der Waals surface area contributed by atoms with Crippen LogP contribution in [0.1, 0.15) is 24.1 Å². The summed E-state index contributed by atoms with van der Waals surface area (Å²) >= 11 is 11.9. The molecule has 2 aromatic carbocycles. The van der Waals surface area contributed by atoms with Gasteiger partial charge in [0.25, 0.3) is 0 Å². The number of hydrogen-bond acceptors (Lipinski definition) is 2. The second kappa shape index (κ2) is 6.81. The minimum Gasteiger partial charge on any atom is -0.492 e. The standard InChI is InChI=1S/C18H17Cl2NO2/c1-11(12-2-4-15(19)5-3-12)21-18(22)14-8-13-9-16(20)6-7-17(13)23-10-14/h2-7,9,11,14H,8,10H2,1H3,(H,21,22)/t11-,14+/m1/s1. The van der Waals surface area contributed by atoms with Crippen molar-refractivity contribution in [3.63, 3.8) is 0 Å². The van der Waals surface area contributed by atoms with Crippen molar-refractivity contribution in [2.45, 2.75) is 19.4 Å². The molecule has 0 spiro atoms. The molecule has 1 aliphatic rings. The van der Waals surface area contributed by atoms with Crippen LogP contribution in [0.25, 0.3) is 0 Å². The van der Waals surface area contributed by atoms with Gasteiger partial charge in [-0.3, -0.25) is 4.79 Å². The van der Waals surface area contributed by atoms with Crippen LogP contribution in [0.5, 0.6) is 5.75 Å². The van der Waals surface area contributed by atoms with Gasteiger partial charge in [0.1, 0.15) is 12.4 Å². The summed E-state index contributed by atoms with van der Waals surface area (Å²) in [5.41, 5.74) is 1.99. The molecule has 1 aliphatic heterocycles. The lowest BCUT2D eigenvalue weighted by atomic mass is 9.95. The lowest BCUT2D eigenvalue weighted by Gasteiger charge is -2.26. The maximum Gasteiger partial charge on any atom is 0.227 e. The van der Waals surface area contributed by atoms with Gasteiger partial charge in [-0.1, -0.05) is 35.3 Å².